The molecule has 0 amide bonds. The Labute approximate surface area is 145 Å². The van der Waals surface area contributed by atoms with E-state index in [0.29, 0.717) is 17.5 Å². The van der Waals surface area contributed by atoms with Gasteiger partial charge in [-0.3, -0.25) is 0 Å². The lowest BCUT2D eigenvalue weighted by molar-refractivity contribution is 0.793. The second-order valence-electron chi connectivity index (χ2n) is 4.60. The van der Waals surface area contributed by atoms with Crippen LogP contribution in [0, 0.1) is 3.57 Å². The lowest BCUT2D eigenvalue weighted by atomic mass is 10.1. The molecule has 0 aliphatic rings. The summed E-state index contributed by atoms with van der Waals surface area (Å²) in [6.45, 7) is 4.24. The molecule has 6 heteroatoms. The van der Waals surface area contributed by atoms with E-state index >= 15 is 0 Å². The molecule has 1 heterocycles. The third-order valence-corrected chi connectivity index (χ3v) is 5.82. The van der Waals surface area contributed by atoms with Crippen LogP contribution in [-0.4, -0.2) is 9.97 Å². The van der Waals surface area contributed by atoms with E-state index in [4.69, 9.17) is 5.73 Å². The van der Waals surface area contributed by atoms with Gasteiger partial charge in [-0.05, 0) is 56.6 Å². The van der Waals surface area contributed by atoms with E-state index in [1.807, 2.05) is 18.2 Å². The molecule has 0 aliphatic carbocycles. The molecule has 0 unspecified atom stereocenters. The third kappa shape index (κ3) is 3.85. The highest BCUT2D eigenvalue weighted by molar-refractivity contribution is 14.1. The van der Waals surface area contributed by atoms with Crippen molar-refractivity contribution in [3.05, 3.63) is 43.8 Å². The van der Waals surface area contributed by atoms with Crippen LogP contribution in [0.5, 0.6) is 0 Å². The van der Waals surface area contributed by atoms with E-state index in [-0.39, 0.29) is 0 Å². The molecule has 1 aromatic heterocycles. The number of aromatic nitrogens is 2. The number of nitrogens with zero attached hydrogens (tertiary/aromatic N) is 2. The Morgan fingerprint density at radius 1 is 1.30 bits per heavy atom. The van der Waals surface area contributed by atoms with Crippen molar-refractivity contribution in [2.75, 3.05) is 5.73 Å². The van der Waals surface area contributed by atoms with Gasteiger partial charge in [0.05, 0.1) is 15.0 Å². The minimum Gasteiger partial charge on any atom is -0.383 e. The van der Waals surface area contributed by atoms with Gasteiger partial charge in [0, 0.05) is 9.37 Å². The van der Waals surface area contributed by atoms with Gasteiger partial charge in [-0.15, -0.1) is 11.8 Å². The Morgan fingerprint density at radius 2 is 2.00 bits per heavy atom. The van der Waals surface area contributed by atoms with Gasteiger partial charge < -0.3 is 5.73 Å². The molecule has 3 nitrogen and oxygen atoms in total. The van der Waals surface area contributed by atoms with Crippen molar-refractivity contribution in [1.82, 2.24) is 9.97 Å². The van der Waals surface area contributed by atoms with Gasteiger partial charge in [0.15, 0.2) is 0 Å². The Kier molecular flexibility index (Phi) is 5.68. The predicted octanol–water partition coefficient (Wildman–Crippen LogP) is 4.84. The first kappa shape index (κ1) is 16.0. The molecular weight excluding hydrogens is 449 g/mol. The molecule has 2 aromatic rings. The van der Waals surface area contributed by atoms with Crippen LogP contribution in [0.2, 0.25) is 0 Å². The van der Waals surface area contributed by atoms with Crippen molar-refractivity contribution >= 4 is 56.1 Å². The van der Waals surface area contributed by atoms with E-state index in [0.717, 1.165) is 19.6 Å². The summed E-state index contributed by atoms with van der Waals surface area (Å²) >= 11 is 7.47. The quantitative estimate of drug-likeness (QED) is 0.520. The van der Waals surface area contributed by atoms with E-state index in [1.54, 1.807) is 11.8 Å². The lowest BCUT2D eigenvalue weighted by Crippen LogP contribution is -2.08. The highest BCUT2D eigenvalue weighted by atomic mass is 127. The van der Waals surface area contributed by atoms with Crippen molar-refractivity contribution < 1.29 is 0 Å². The zero-order chi connectivity index (χ0) is 14.7. The van der Waals surface area contributed by atoms with Gasteiger partial charge in [0.25, 0.3) is 0 Å². The molecule has 106 valence electrons. The summed E-state index contributed by atoms with van der Waals surface area (Å²) in [5.74, 6) is 2.42. The Balaban J connectivity index is 2.20. The topological polar surface area (TPSA) is 51.8 Å². The summed E-state index contributed by atoms with van der Waals surface area (Å²) in [6.07, 6.45) is 0. The molecule has 0 saturated heterocycles. The summed E-state index contributed by atoms with van der Waals surface area (Å²) in [6, 6.07) is 8.14. The van der Waals surface area contributed by atoms with Gasteiger partial charge in [-0.25, -0.2) is 9.97 Å². The maximum atomic E-state index is 5.98. The van der Waals surface area contributed by atoms with E-state index in [1.165, 1.54) is 4.90 Å². The number of rotatable bonds is 4. The molecule has 2 N–H and O–H groups in total. The SMILES string of the molecule is CC(C)c1nc(CSc2ccccc2Br)nc(N)c1I. The van der Waals surface area contributed by atoms with Crippen LogP contribution in [0.3, 0.4) is 0 Å². The molecular formula is C14H15BrIN3S. The fourth-order valence-corrected chi connectivity index (χ4v) is 3.97. The van der Waals surface area contributed by atoms with Crippen LogP contribution in [-0.2, 0) is 5.75 Å². The van der Waals surface area contributed by atoms with Crippen LogP contribution < -0.4 is 5.73 Å². The zero-order valence-electron chi connectivity index (χ0n) is 11.2. The zero-order valence-corrected chi connectivity index (χ0v) is 15.8. The van der Waals surface area contributed by atoms with Crippen LogP contribution in [0.1, 0.15) is 31.3 Å². The van der Waals surface area contributed by atoms with E-state index in [9.17, 15) is 0 Å². The minimum atomic E-state index is 0.347. The van der Waals surface area contributed by atoms with E-state index in [2.05, 4.69) is 68.4 Å². The highest BCUT2D eigenvalue weighted by Crippen LogP contribution is 2.30. The average Bonchev–Trinajstić information content (AvgIpc) is 2.41. The second kappa shape index (κ2) is 7.09. The van der Waals surface area contributed by atoms with Crippen molar-refractivity contribution in [2.24, 2.45) is 0 Å². The molecule has 20 heavy (non-hydrogen) atoms. The monoisotopic (exact) mass is 463 g/mol. The predicted molar refractivity (Wildman–Crippen MR) is 97.0 cm³/mol. The van der Waals surface area contributed by atoms with Gasteiger partial charge in [0.1, 0.15) is 11.6 Å². The molecule has 0 aliphatic heterocycles. The van der Waals surface area contributed by atoms with Gasteiger partial charge in [0.2, 0.25) is 0 Å². The van der Waals surface area contributed by atoms with E-state index < -0.39 is 0 Å². The van der Waals surface area contributed by atoms with Crippen LogP contribution in [0.15, 0.2) is 33.6 Å². The number of anilines is 1. The van der Waals surface area contributed by atoms with Gasteiger partial charge in [-0.1, -0.05) is 26.0 Å². The van der Waals surface area contributed by atoms with Crippen LogP contribution in [0.4, 0.5) is 5.82 Å². The fraction of sp³-hybridized carbons (Fsp3) is 0.286. The second-order valence-corrected chi connectivity index (χ2v) is 7.55. The summed E-state index contributed by atoms with van der Waals surface area (Å²) in [7, 11) is 0. The number of benzene rings is 1. The average molecular weight is 464 g/mol. The molecule has 0 radical (unpaired) electrons. The molecule has 2 rings (SSSR count). The first-order chi connectivity index (χ1) is 9.49. The highest BCUT2D eigenvalue weighted by Gasteiger charge is 2.13. The Bertz CT molecular complexity index is 619. The van der Waals surface area contributed by atoms with Crippen molar-refractivity contribution in [1.29, 1.82) is 0 Å². The Hall–Kier alpha value is -0.340. The molecule has 0 saturated carbocycles. The Morgan fingerprint density at radius 3 is 2.65 bits per heavy atom. The van der Waals surface area contributed by atoms with Crippen LogP contribution >= 0.6 is 50.3 Å². The van der Waals surface area contributed by atoms with Crippen LogP contribution in [0.25, 0.3) is 0 Å². The number of nitrogens with two attached hydrogens (primary N) is 1. The summed E-state index contributed by atoms with van der Waals surface area (Å²) in [5, 5.41) is 0. The number of thioether (sulfide) groups is 1. The summed E-state index contributed by atoms with van der Waals surface area (Å²) in [5.41, 5.74) is 7.01. The van der Waals surface area contributed by atoms with Crippen molar-refractivity contribution in [3.63, 3.8) is 0 Å². The first-order valence-electron chi connectivity index (χ1n) is 6.18. The van der Waals surface area contributed by atoms with Crippen molar-refractivity contribution in [2.45, 2.75) is 30.4 Å². The summed E-state index contributed by atoms with van der Waals surface area (Å²) < 4.78 is 2.06. The third-order valence-electron chi connectivity index (χ3n) is 2.69. The van der Waals surface area contributed by atoms with Crippen molar-refractivity contribution in [3.8, 4) is 0 Å². The normalized spacial score (nSPS) is 11.1. The standard InChI is InChI=1S/C14H15BrIN3S/c1-8(2)13-12(16)14(17)19-11(18-13)7-20-10-6-4-3-5-9(10)15/h3-6,8H,7H2,1-2H3,(H2,17,18,19). The lowest BCUT2D eigenvalue weighted by Gasteiger charge is -2.11. The molecule has 0 bridgehead atoms. The fourth-order valence-electron chi connectivity index (χ4n) is 1.68. The number of halogens is 2. The molecule has 0 atom stereocenters. The molecule has 0 spiro atoms. The number of hydrogen-bond acceptors (Lipinski definition) is 4. The molecule has 1 aromatic carbocycles. The first-order valence-corrected chi connectivity index (χ1v) is 9.04. The maximum absolute atomic E-state index is 5.98. The number of hydrogen-bond donors (Lipinski definition) is 1. The smallest absolute Gasteiger partial charge is 0.141 e. The minimum absolute atomic E-state index is 0.347. The van der Waals surface area contributed by atoms with Gasteiger partial charge >= 0.3 is 0 Å². The summed E-state index contributed by atoms with van der Waals surface area (Å²) in [4.78, 5) is 10.2. The number of nitrogen functional groups attached to an aromatic ring is 1. The van der Waals surface area contributed by atoms with Gasteiger partial charge in [-0.2, -0.15) is 0 Å². The molecule has 0 fully saturated rings. The maximum Gasteiger partial charge on any atom is 0.141 e. The largest absolute Gasteiger partial charge is 0.383 e.